The van der Waals surface area contributed by atoms with Crippen molar-refractivity contribution in [2.75, 3.05) is 6.61 Å². The molecule has 6 nitrogen and oxygen atoms in total. The van der Waals surface area contributed by atoms with Crippen molar-refractivity contribution in [2.24, 2.45) is 0 Å². The van der Waals surface area contributed by atoms with Crippen molar-refractivity contribution in [3.05, 3.63) is 29.8 Å². The van der Waals surface area contributed by atoms with Crippen LogP contribution in [0.5, 0.6) is 0 Å². The van der Waals surface area contributed by atoms with Gasteiger partial charge in [0.25, 0.3) is 10.1 Å². The molecule has 0 aliphatic heterocycles. The van der Waals surface area contributed by atoms with Gasteiger partial charge < -0.3 is 0 Å². The predicted octanol–water partition coefficient (Wildman–Crippen LogP) is 5.08. The Kier molecular flexibility index (Phi) is 8.22. The van der Waals surface area contributed by atoms with Crippen molar-refractivity contribution in [1.82, 2.24) is 0 Å². The minimum Gasteiger partial charge on any atom is -0.257 e. The molecule has 0 saturated carbocycles. The molecule has 0 radical (unpaired) electrons. The van der Waals surface area contributed by atoms with Crippen molar-refractivity contribution in [3.8, 4) is 0 Å². The summed E-state index contributed by atoms with van der Waals surface area (Å²) < 4.78 is 166. The van der Waals surface area contributed by atoms with E-state index in [0.717, 1.165) is 12.1 Å². The van der Waals surface area contributed by atoms with Crippen molar-refractivity contribution in [1.29, 1.82) is 0 Å². The Morgan fingerprint density at radius 2 is 1.22 bits per heavy atom. The van der Waals surface area contributed by atoms with Crippen LogP contribution in [-0.4, -0.2) is 45.8 Å². The maximum atomic E-state index is 13.5. The lowest BCUT2D eigenvalue weighted by atomic mass is 10.2. The van der Waals surface area contributed by atoms with Crippen LogP contribution in [0.3, 0.4) is 0 Å². The van der Waals surface area contributed by atoms with E-state index in [9.17, 15) is 52.3 Å². The maximum absolute atomic E-state index is 13.5. The molecule has 1 aromatic rings. The van der Waals surface area contributed by atoms with E-state index in [0.29, 0.717) is 12.5 Å². The van der Waals surface area contributed by atoms with Gasteiger partial charge in [-0.15, -0.1) is 8.78 Å². The topological polar surface area (TPSA) is 71.1 Å². The van der Waals surface area contributed by atoms with Crippen LogP contribution < -0.4 is 0 Å². The van der Waals surface area contributed by atoms with Gasteiger partial charge in [-0.1, -0.05) is 24.6 Å². The SMILES string of the molecule is CCC(F)(F)OC(F)(F)OC(F)(F)C(F)(F)OC(F)(F)COS(=O)(=O)c1ccc(C)cc1. The molecular formula is C15H14F10O6S. The van der Waals surface area contributed by atoms with Crippen LogP contribution in [0.4, 0.5) is 43.9 Å². The molecule has 0 saturated heterocycles. The Bertz CT molecular complexity index is 873. The zero-order chi connectivity index (χ0) is 25.2. The smallest absolute Gasteiger partial charge is 0.257 e. The van der Waals surface area contributed by atoms with Crippen LogP contribution in [-0.2, 0) is 28.5 Å². The lowest BCUT2D eigenvalue weighted by Crippen LogP contribution is -2.53. The second-order valence-electron chi connectivity index (χ2n) is 5.96. The van der Waals surface area contributed by atoms with Gasteiger partial charge in [-0.25, -0.2) is 14.2 Å². The molecule has 0 heterocycles. The number of alkyl halides is 10. The fourth-order valence-corrected chi connectivity index (χ4v) is 2.57. The van der Waals surface area contributed by atoms with Crippen LogP contribution in [0.15, 0.2) is 29.2 Å². The average molecular weight is 512 g/mol. The van der Waals surface area contributed by atoms with Crippen LogP contribution >= 0.6 is 0 Å². The molecule has 0 aliphatic carbocycles. The minimum atomic E-state index is -6.65. The first-order valence-electron chi connectivity index (χ1n) is 8.09. The van der Waals surface area contributed by atoms with Crippen LogP contribution in [0.25, 0.3) is 0 Å². The Hall–Kier alpha value is -1.69. The van der Waals surface area contributed by atoms with Gasteiger partial charge >= 0.3 is 30.7 Å². The summed E-state index contributed by atoms with van der Waals surface area (Å²) in [7, 11) is -5.00. The van der Waals surface area contributed by atoms with Crippen LogP contribution in [0.1, 0.15) is 18.9 Å². The summed E-state index contributed by atoms with van der Waals surface area (Å²) in [6, 6.07) is 4.19. The Morgan fingerprint density at radius 3 is 1.69 bits per heavy atom. The van der Waals surface area contributed by atoms with Gasteiger partial charge in [0.05, 0.1) is 4.90 Å². The zero-order valence-electron chi connectivity index (χ0n) is 15.9. The van der Waals surface area contributed by atoms with E-state index in [1.807, 2.05) is 0 Å². The fraction of sp³-hybridized carbons (Fsp3) is 0.600. The number of halogens is 10. The highest BCUT2D eigenvalue weighted by Crippen LogP contribution is 2.44. The molecule has 0 amide bonds. The first-order valence-corrected chi connectivity index (χ1v) is 9.50. The van der Waals surface area contributed by atoms with E-state index in [-0.39, 0.29) is 0 Å². The molecule has 0 unspecified atom stereocenters. The van der Waals surface area contributed by atoms with E-state index < -0.39 is 58.8 Å². The predicted molar refractivity (Wildman–Crippen MR) is 82.6 cm³/mol. The first-order chi connectivity index (χ1) is 14.1. The highest BCUT2D eigenvalue weighted by atomic mass is 32.2. The van der Waals surface area contributed by atoms with Crippen molar-refractivity contribution < 1.29 is 70.7 Å². The van der Waals surface area contributed by atoms with E-state index in [1.165, 1.54) is 19.1 Å². The molecule has 0 fully saturated rings. The number of hydrogen-bond acceptors (Lipinski definition) is 6. The quantitative estimate of drug-likeness (QED) is 0.221. The summed E-state index contributed by atoms with van der Waals surface area (Å²) in [5.74, 6) is 0. The summed E-state index contributed by atoms with van der Waals surface area (Å²) in [6.45, 7) is -0.506. The number of rotatable bonds is 12. The third-order valence-corrected chi connectivity index (χ3v) is 4.51. The molecule has 0 atom stereocenters. The molecule has 1 rings (SSSR count). The van der Waals surface area contributed by atoms with Gasteiger partial charge in [0.1, 0.15) is 0 Å². The molecular weight excluding hydrogens is 498 g/mol. The van der Waals surface area contributed by atoms with Crippen LogP contribution in [0, 0.1) is 6.92 Å². The maximum Gasteiger partial charge on any atom is 0.495 e. The lowest BCUT2D eigenvalue weighted by Gasteiger charge is -2.31. The average Bonchev–Trinajstić information content (AvgIpc) is 2.57. The number of ether oxygens (including phenoxy) is 3. The Labute approximate surface area is 174 Å². The Balaban J connectivity index is 2.91. The molecule has 1 aromatic carbocycles. The van der Waals surface area contributed by atoms with Crippen molar-refractivity contribution >= 4 is 10.1 Å². The van der Waals surface area contributed by atoms with Crippen molar-refractivity contribution in [2.45, 2.75) is 55.9 Å². The molecule has 186 valence electrons. The van der Waals surface area contributed by atoms with Crippen LogP contribution in [0.2, 0.25) is 0 Å². The van der Waals surface area contributed by atoms with Gasteiger partial charge in [-0.05, 0) is 19.1 Å². The Morgan fingerprint density at radius 1 is 0.750 bits per heavy atom. The molecule has 17 heteroatoms. The minimum absolute atomic E-state index is 0.539. The normalized spacial score (nSPS) is 14.6. The lowest BCUT2D eigenvalue weighted by molar-refractivity contribution is -0.565. The summed E-state index contributed by atoms with van der Waals surface area (Å²) in [5.41, 5.74) is 0.539. The molecule has 0 bridgehead atoms. The fourth-order valence-electron chi connectivity index (χ4n) is 1.67. The zero-order valence-corrected chi connectivity index (χ0v) is 16.7. The molecule has 32 heavy (non-hydrogen) atoms. The van der Waals surface area contributed by atoms with Gasteiger partial charge in [0.2, 0.25) is 0 Å². The molecule has 0 spiro atoms. The largest absolute Gasteiger partial charge is 0.495 e. The van der Waals surface area contributed by atoms with Gasteiger partial charge in [0, 0.05) is 6.42 Å². The van der Waals surface area contributed by atoms with E-state index in [1.54, 1.807) is 0 Å². The monoisotopic (exact) mass is 512 g/mol. The van der Waals surface area contributed by atoms with E-state index >= 15 is 0 Å². The van der Waals surface area contributed by atoms with Gasteiger partial charge in [-0.3, -0.25) is 4.18 Å². The number of aryl methyl sites for hydroxylation is 1. The highest BCUT2D eigenvalue weighted by molar-refractivity contribution is 7.86. The highest BCUT2D eigenvalue weighted by Gasteiger charge is 2.68. The molecule has 0 aromatic heterocycles. The second-order valence-corrected chi connectivity index (χ2v) is 7.58. The summed E-state index contributed by atoms with van der Waals surface area (Å²) in [6.07, 6.45) is -31.2. The molecule has 0 N–H and O–H groups in total. The van der Waals surface area contributed by atoms with Gasteiger partial charge in [0.15, 0.2) is 6.61 Å². The molecule has 0 aliphatic rings. The van der Waals surface area contributed by atoms with E-state index in [2.05, 4.69) is 18.4 Å². The third-order valence-electron chi connectivity index (χ3n) is 3.23. The standard InChI is InChI=1S/C15H14F10O6S/c1-3-11(16,17)30-15(24,25)31-14(22,23)13(20,21)29-12(18,19)8-28-32(26,27)10-6-4-9(2)5-7-10/h4-7H,3,8H2,1-2H3. The number of hydrogen-bond donors (Lipinski definition) is 0. The van der Waals surface area contributed by atoms with Crippen molar-refractivity contribution in [3.63, 3.8) is 0 Å². The first kappa shape index (κ1) is 28.3. The summed E-state index contributed by atoms with van der Waals surface area (Å²) in [4.78, 5) is -0.715. The second kappa shape index (κ2) is 9.28. The third kappa shape index (κ3) is 8.02. The van der Waals surface area contributed by atoms with E-state index in [4.69, 9.17) is 0 Å². The van der Waals surface area contributed by atoms with Gasteiger partial charge in [-0.2, -0.15) is 43.5 Å². The summed E-state index contributed by atoms with van der Waals surface area (Å²) in [5, 5.41) is 0. The summed E-state index contributed by atoms with van der Waals surface area (Å²) >= 11 is 0. The number of benzene rings is 1.